The SMILES string of the molecule is COc1cn(-c2ccccc2)nc1C(=O)NCc1ccc(S(N)(=O)=O)cc1. The van der Waals surface area contributed by atoms with Gasteiger partial charge in [-0.15, -0.1) is 0 Å². The fourth-order valence-electron chi connectivity index (χ4n) is 2.44. The molecule has 0 aliphatic heterocycles. The molecule has 140 valence electrons. The van der Waals surface area contributed by atoms with E-state index in [9.17, 15) is 13.2 Å². The van der Waals surface area contributed by atoms with E-state index in [1.807, 2.05) is 30.3 Å². The van der Waals surface area contributed by atoms with E-state index in [4.69, 9.17) is 9.88 Å². The molecule has 1 heterocycles. The van der Waals surface area contributed by atoms with Crippen LogP contribution in [0.1, 0.15) is 16.1 Å². The lowest BCUT2D eigenvalue weighted by Gasteiger charge is -2.06. The number of ether oxygens (including phenoxy) is 1. The van der Waals surface area contributed by atoms with Crippen LogP contribution in [0, 0.1) is 0 Å². The van der Waals surface area contributed by atoms with E-state index >= 15 is 0 Å². The quantitative estimate of drug-likeness (QED) is 0.665. The summed E-state index contributed by atoms with van der Waals surface area (Å²) in [6.45, 7) is 0.199. The van der Waals surface area contributed by atoms with Crippen LogP contribution in [0.25, 0.3) is 5.69 Å². The first kappa shape index (κ1) is 18.6. The summed E-state index contributed by atoms with van der Waals surface area (Å²) >= 11 is 0. The van der Waals surface area contributed by atoms with Crippen molar-refractivity contribution >= 4 is 15.9 Å². The van der Waals surface area contributed by atoms with E-state index in [1.54, 1.807) is 23.0 Å². The Labute approximate surface area is 156 Å². The Bertz CT molecular complexity index is 1040. The second-order valence-corrected chi connectivity index (χ2v) is 7.26. The van der Waals surface area contributed by atoms with Gasteiger partial charge in [0.2, 0.25) is 10.0 Å². The second-order valence-electron chi connectivity index (χ2n) is 5.70. The van der Waals surface area contributed by atoms with Gasteiger partial charge in [0.05, 0.1) is 23.9 Å². The number of rotatable bonds is 6. The Balaban J connectivity index is 1.73. The van der Waals surface area contributed by atoms with Crippen LogP contribution < -0.4 is 15.2 Å². The summed E-state index contributed by atoms with van der Waals surface area (Å²) in [6.07, 6.45) is 1.63. The standard InChI is InChI=1S/C18H18N4O4S/c1-26-16-12-22(14-5-3-2-4-6-14)21-17(16)18(23)20-11-13-7-9-15(10-8-13)27(19,24)25/h2-10,12H,11H2,1H3,(H,20,23)(H2,19,24,25). The minimum atomic E-state index is -3.74. The van der Waals surface area contributed by atoms with E-state index in [0.717, 1.165) is 11.3 Å². The summed E-state index contributed by atoms with van der Waals surface area (Å²) in [7, 11) is -2.28. The van der Waals surface area contributed by atoms with Crippen molar-refractivity contribution in [1.82, 2.24) is 15.1 Å². The molecule has 0 bridgehead atoms. The number of hydrogen-bond acceptors (Lipinski definition) is 5. The molecule has 0 fully saturated rings. The monoisotopic (exact) mass is 386 g/mol. The molecule has 0 unspecified atom stereocenters. The highest BCUT2D eigenvalue weighted by atomic mass is 32.2. The topological polar surface area (TPSA) is 116 Å². The van der Waals surface area contributed by atoms with Crippen molar-refractivity contribution in [3.05, 3.63) is 72.1 Å². The number of methoxy groups -OCH3 is 1. The number of carbonyl (C=O) groups excluding carboxylic acids is 1. The van der Waals surface area contributed by atoms with E-state index in [1.165, 1.54) is 19.2 Å². The zero-order valence-electron chi connectivity index (χ0n) is 14.5. The fourth-order valence-corrected chi connectivity index (χ4v) is 2.96. The van der Waals surface area contributed by atoms with Crippen molar-refractivity contribution in [2.75, 3.05) is 7.11 Å². The molecule has 0 saturated carbocycles. The van der Waals surface area contributed by atoms with Crippen molar-refractivity contribution in [2.24, 2.45) is 5.14 Å². The van der Waals surface area contributed by atoms with Gasteiger partial charge in [-0.25, -0.2) is 18.2 Å². The first-order valence-electron chi connectivity index (χ1n) is 7.97. The predicted octanol–water partition coefficient (Wildman–Crippen LogP) is 1.46. The Morgan fingerprint density at radius 1 is 1.15 bits per heavy atom. The Kier molecular flexibility index (Phi) is 5.24. The third-order valence-corrected chi connectivity index (χ3v) is 4.77. The van der Waals surface area contributed by atoms with E-state index in [-0.39, 0.29) is 17.1 Å². The number of nitrogens with one attached hydrogen (secondary N) is 1. The van der Waals surface area contributed by atoms with Gasteiger partial charge < -0.3 is 10.1 Å². The van der Waals surface area contributed by atoms with Gasteiger partial charge in [0.15, 0.2) is 11.4 Å². The summed E-state index contributed by atoms with van der Waals surface area (Å²) in [6, 6.07) is 15.3. The number of hydrogen-bond donors (Lipinski definition) is 2. The lowest BCUT2D eigenvalue weighted by atomic mass is 10.2. The summed E-state index contributed by atoms with van der Waals surface area (Å²) in [4.78, 5) is 12.5. The summed E-state index contributed by atoms with van der Waals surface area (Å²) in [5, 5.41) is 12.1. The second kappa shape index (κ2) is 7.60. The number of primary sulfonamides is 1. The van der Waals surface area contributed by atoms with E-state index in [2.05, 4.69) is 10.4 Å². The van der Waals surface area contributed by atoms with Crippen LogP contribution in [0.3, 0.4) is 0 Å². The van der Waals surface area contributed by atoms with Crippen molar-refractivity contribution in [3.63, 3.8) is 0 Å². The van der Waals surface area contributed by atoms with Gasteiger partial charge in [0, 0.05) is 6.54 Å². The van der Waals surface area contributed by atoms with Crippen LogP contribution in [0.5, 0.6) is 5.75 Å². The molecule has 0 spiro atoms. The molecule has 1 amide bonds. The molecule has 8 nitrogen and oxygen atoms in total. The number of carbonyl (C=O) groups is 1. The lowest BCUT2D eigenvalue weighted by Crippen LogP contribution is -2.24. The third-order valence-electron chi connectivity index (χ3n) is 3.84. The zero-order valence-corrected chi connectivity index (χ0v) is 15.3. The minimum Gasteiger partial charge on any atom is -0.493 e. The summed E-state index contributed by atoms with van der Waals surface area (Å²) in [5.41, 5.74) is 1.67. The molecular weight excluding hydrogens is 368 g/mol. The number of para-hydroxylation sites is 1. The van der Waals surface area contributed by atoms with Crippen molar-refractivity contribution in [2.45, 2.75) is 11.4 Å². The van der Waals surface area contributed by atoms with Crippen LogP contribution in [0.15, 0.2) is 65.7 Å². The smallest absolute Gasteiger partial charge is 0.275 e. The predicted molar refractivity (Wildman–Crippen MR) is 99.1 cm³/mol. The number of benzene rings is 2. The molecule has 3 rings (SSSR count). The highest BCUT2D eigenvalue weighted by Gasteiger charge is 2.18. The van der Waals surface area contributed by atoms with Crippen molar-refractivity contribution < 1.29 is 17.9 Å². The number of amides is 1. The molecule has 0 atom stereocenters. The van der Waals surface area contributed by atoms with Gasteiger partial charge in [-0.3, -0.25) is 4.79 Å². The molecular formula is C18H18N4O4S. The average Bonchev–Trinajstić information content (AvgIpc) is 3.11. The van der Waals surface area contributed by atoms with Gasteiger partial charge >= 0.3 is 0 Å². The molecule has 0 aliphatic rings. The highest BCUT2D eigenvalue weighted by molar-refractivity contribution is 7.89. The van der Waals surface area contributed by atoms with Gasteiger partial charge in [-0.2, -0.15) is 5.10 Å². The third kappa shape index (κ3) is 4.33. The molecule has 27 heavy (non-hydrogen) atoms. The highest BCUT2D eigenvalue weighted by Crippen LogP contribution is 2.19. The Morgan fingerprint density at radius 2 is 1.81 bits per heavy atom. The fraction of sp³-hybridized carbons (Fsp3) is 0.111. The average molecular weight is 386 g/mol. The molecule has 3 aromatic rings. The van der Waals surface area contributed by atoms with Crippen LogP contribution in [0.4, 0.5) is 0 Å². The molecule has 0 radical (unpaired) electrons. The number of nitrogens with two attached hydrogens (primary N) is 1. The molecule has 3 N–H and O–H groups in total. The molecule has 2 aromatic carbocycles. The largest absolute Gasteiger partial charge is 0.493 e. The van der Waals surface area contributed by atoms with Gasteiger partial charge in [0.25, 0.3) is 5.91 Å². The molecule has 1 aromatic heterocycles. The van der Waals surface area contributed by atoms with Gasteiger partial charge in [0.1, 0.15) is 0 Å². The lowest BCUT2D eigenvalue weighted by molar-refractivity contribution is 0.0942. The normalized spacial score (nSPS) is 11.2. The van der Waals surface area contributed by atoms with Gasteiger partial charge in [-0.1, -0.05) is 30.3 Å². The number of nitrogens with zero attached hydrogens (tertiary/aromatic N) is 2. The molecule has 9 heteroatoms. The Morgan fingerprint density at radius 3 is 2.41 bits per heavy atom. The van der Waals surface area contributed by atoms with Crippen LogP contribution in [-0.2, 0) is 16.6 Å². The molecule has 0 saturated heterocycles. The zero-order chi connectivity index (χ0) is 19.4. The Hall–Kier alpha value is -3.17. The first-order chi connectivity index (χ1) is 12.9. The van der Waals surface area contributed by atoms with Crippen LogP contribution in [-0.4, -0.2) is 31.2 Å². The van der Waals surface area contributed by atoms with Crippen LogP contribution >= 0.6 is 0 Å². The van der Waals surface area contributed by atoms with Crippen molar-refractivity contribution in [1.29, 1.82) is 0 Å². The maximum Gasteiger partial charge on any atom is 0.275 e. The summed E-state index contributed by atoms with van der Waals surface area (Å²) in [5.74, 6) is -0.0574. The molecule has 0 aliphatic carbocycles. The maximum atomic E-state index is 12.5. The maximum absolute atomic E-state index is 12.5. The van der Waals surface area contributed by atoms with E-state index < -0.39 is 15.9 Å². The number of sulfonamides is 1. The van der Waals surface area contributed by atoms with Crippen molar-refractivity contribution in [3.8, 4) is 11.4 Å². The minimum absolute atomic E-state index is 0.0147. The van der Waals surface area contributed by atoms with Crippen LogP contribution in [0.2, 0.25) is 0 Å². The first-order valence-corrected chi connectivity index (χ1v) is 9.52. The van der Waals surface area contributed by atoms with Gasteiger partial charge in [-0.05, 0) is 29.8 Å². The van der Waals surface area contributed by atoms with E-state index in [0.29, 0.717) is 5.75 Å². The number of aromatic nitrogens is 2. The summed E-state index contributed by atoms with van der Waals surface area (Å²) < 4.78 is 29.4.